The van der Waals surface area contributed by atoms with Gasteiger partial charge in [0.2, 0.25) is 0 Å². The number of halogens is 1. The maximum atomic E-state index is 9.93. The molecule has 1 aromatic rings. The van der Waals surface area contributed by atoms with Gasteiger partial charge in [0, 0.05) is 10.7 Å². The Kier molecular flexibility index (Phi) is 6.54. The Labute approximate surface area is 94.9 Å². The number of anilines is 1. The van der Waals surface area contributed by atoms with Gasteiger partial charge in [0.1, 0.15) is 0 Å². The molecule has 0 aromatic heterocycles. The number of nitrogen functional groups attached to an aromatic ring is 1. The van der Waals surface area contributed by atoms with Gasteiger partial charge < -0.3 is 10.8 Å². The third-order valence-electron chi connectivity index (χ3n) is 1.90. The van der Waals surface area contributed by atoms with Crippen LogP contribution in [0.5, 0.6) is 0 Å². The molecule has 0 saturated carbocycles. The number of nitrogens with two attached hydrogens (primary N) is 1. The molecule has 0 bridgehead atoms. The molecule has 0 radical (unpaired) electrons. The van der Waals surface area contributed by atoms with Crippen molar-refractivity contribution in [3.63, 3.8) is 0 Å². The van der Waals surface area contributed by atoms with Crippen LogP contribution in [0.2, 0.25) is 5.02 Å². The second-order valence-electron chi connectivity index (χ2n) is 3.20. The van der Waals surface area contributed by atoms with Crippen LogP contribution in [0.1, 0.15) is 20.3 Å². The minimum atomic E-state index is -0.706. The average molecular weight is 230 g/mol. The number of carboxylic acid groups (broad SMARTS) is 1. The third-order valence-corrected chi connectivity index (χ3v) is 2.16. The highest BCUT2D eigenvalue weighted by atomic mass is 35.5. The third kappa shape index (κ3) is 6.80. The molecule has 0 spiro atoms. The van der Waals surface area contributed by atoms with Gasteiger partial charge in [-0.15, -0.1) is 0 Å². The number of carbonyl (C=O) groups is 1. The lowest BCUT2D eigenvalue weighted by molar-refractivity contribution is -0.141. The van der Waals surface area contributed by atoms with Crippen LogP contribution in [0.3, 0.4) is 0 Å². The van der Waals surface area contributed by atoms with E-state index in [0.29, 0.717) is 0 Å². The number of carboxylic acids is 1. The highest BCUT2D eigenvalue weighted by Crippen LogP contribution is 2.09. The van der Waals surface area contributed by atoms with Crippen LogP contribution >= 0.6 is 11.6 Å². The van der Waals surface area contributed by atoms with E-state index in [1.54, 1.807) is 31.2 Å². The molecule has 3 nitrogen and oxygen atoms in total. The Bertz CT molecular complexity index is 277. The van der Waals surface area contributed by atoms with Crippen LogP contribution in [0.15, 0.2) is 24.3 Å². The van der Waals surface area contributed by atoms with E-state index in [-0.39, 0.29) is 5.92 Å². The summed E-state index contributed by atoms with van der Waals surface area (Å²) < 4.78 is 0. The van der Waals surface area contributed by atoms with E-state index in [2.05, 4.69) is 0 Å². The summed E-state index contributed by atoms with van der Waals surface area (Å²) in [5.41, 5.74) is 6.11. The number of hydrogen-bond acceptors (Lipinski definition) is 2. The lowest BCUT2D eigenvalue weighted by Gasteiger charge is -1.96. The Morgan fingerprint density at radius 3 is 2.13 bits per heavy atom. The van der Waals surface area contributed by atoms with Crippen molar-refractivity contribution >= 4 is 23.3 Å². The van der Waals surface area contributed by atoms with Crippen molar-refractivity contribution in [2.75, 3.05) is 5.73 Å². The molecule has 0 amide bonds. The summed E-state index contributed by atoms with van der Waals surface area (Å²) in [6.07, 6.45) is 0.718. The molecule has 0 fully saturated rings. The molecule has 0 aliphatic heterocycles. The minimum Gasteiger partial charge on any atom is -0.481 e. The van der Waals surface area contributed by atoms with E-state index >= 15 is 0 Å². The van der Waals surface area contributed by atoms with Crippen LogP contribution in [0.25, 0.3) is 0 Å². The van der Waals surface area contributed by atoms with Crippen molar-refractivity contribution in [1.82, 2.24) is 0 Å². The van der Waals surface area contributed by atoms with Crippen molar-refractivity contribution in [2.24, 2.45) is 5.92 Å². The second-order valence-corrected chi connectivity index (χ2v) is 3.64. The summed E-state index contributed by atoms with van der Waals surface area (Å²) in [7, 11) is 0. The van der Waals surface area contributed by atoms with Crippen molar-refractivity contribution in [1.29, 1.82) is 0 Å². The first-order chi connectivity index (χ1) is 6.97. The van der Waals surface area contributed by atoms with Gasteiger partial charge in [-0.1, -0.05) is 25.4 Å². The number of rotatable bonds is 2. The molecule has 1 unspecified atom stereocenters. The van der Waals surface area contributed by atoms with Crippen molar-refractivity contribution in [2.45, 2.75) is 20.3 Å². The minimum absolute atomic E-state index is 0.181. The fourth-order valence-electron chi connectivity index (χ4n) is 0.637. The summed E-state index contributed by atoms with van der Waals surface area (Å²) >= 11 is 5.56. The normalized spacial score (nSPS) is 11.1. The van der Waals surface area contributed by atoms with Gasteiger partial charge >= 0.3 is 5.97 Å². The van der Waals surface area contributed by atoms with Gasteiger partial charge in [0.15, 0.2) is 0 Å². The molecule has 3 N–H and O–H groups in total. The highest BCUT2D eigenvalue weighted by Gasteiger charge is 2.05. The summed E-state index contributed by atoms with van der Waals surface area (Å²) in [4.78, 5) is 9.93. The Hall–Kier alpha value is -1.22. The predicted molar refractivity (Wildman–Crippen MR) is 63.0 cm³/mol. The van der Waals surface area contributed by atoms with Crippen LogP contribution in [0, 0.1) is 5.92 Å². The number of hydrogen-bond donors (Lipinski definition) is 2. The fourth-order valence-corrected chi connectivity index (χ4v) is 0.763. The topological polar surface area (TPSA) is 63.3 Å². The van der Waals surface area contributed by atoms with Crippen LogP contribution in [0.4, 0.5) is 5.69 Å². The lowest BCUT2D eigenvalue weighted by Crippen LogP contribution is -2.06. The second kappa shape index (κ2) is 7.12. The van der Waals surface area contributed by atoms with E-state index in [1.807, 2.05) is 6.92 Å². The van der Waals surface area contributed by atoms with Gasteiger partial charge in [0.25, 0.3) is 0 Å². The van der Waals surface area contributed by atoms with Crippen molar-refractivity contribution in [3.8, 4) is 0 Å². The predicted octanol–water partition coefficient (Wildman–Crippen LogP) is 3.04. The maximum Gasteiger partial charge on any atom is 0.306 e. The molecule has 84 valence electrons. The molecular formula is C11H16ClNO2. The van der Waals surface area contributed by atoms with Gasteiger partial charge in [0.05, 0.1) is 5.92 Å². The maximum absolute atomic E-state index is 9.93. The molecule has 4 heteroatoms. The summed E-state index contributed by atoms with van der Waals surface area (Å²) in [6.45, 7) is 3.56. The van der Waals surface area contributed by atoms with E-state index in [1.165, 1.54) is 0 Å². The summed E-state index contributed by atoms with van der Waals surface area (Å²) in [5.74, 6) is -0.887. The van der Waals surface area contributed by atoms with Gasteiger partial charge in [-0.25, -0.2) is 0 Å². The Morgan fingerprint density at radius 2 is 1.93 bits per heavy atom. The zero-order valence-corrected chi connectivity index (χ0v) is 9.66. The molecule has 1 aromatic carbocycles. The molecule has 15 heavy (non-hydrogen) atoms. The molecule has 1 rings (SSSR count). The van der Waals surface area contributed by atoms with Crippen molar-refractivity contribution < 1.29 is 9.90 Å². The molecule has 0 heterocycles. The fraction of sp³-hybridized carbons (Fsp3) is 0.364. The van der Waals surface area contributed by atoms with Crippen LogP contribution in [-0.2, 0) is 4.79 Å². The smallest absolute Gasteiger partial charge is 0.306 e. The van der Waals surface area contributed by atoms with Gasteiger partial charge in [-0.3, -0.25) is 4.79 Å². The van der Waals surface area contributed by atoms with E-state index in [0.717, 1.165) is 17.1 Å². The highest BCUT2D eigenvalue weighted by molar-refractivity contribution is 6.30. The zero-order chi connectivity index (χ0) is 11.8. The lowest BCUT2D eigenvalue weighted by atomic mass is 10.1. The van der Waals surface area contributed by atoms with E-state index in [4.69, 9.17) is 22.4 Å². The standard InChI is InChI=1S/C6H6ClN.C5H10O2/c7-5-1-3-6(8)4-2-5;1-3-4(2)5(6)7/h1-4H,8H2;4H,3H2,1-2H3,(H,6,7). The first-order valence-electron chi connectivity index (χ1n) is 4.71. The zero-order valence-electron chi connectivity index (χ0n) is 8.90. The van der Waals surface area contributed by atoms with Crippen LogP contribution in [-0.4, -0.2) is 11.1 Å². The quantitative estimate of drug-likeness (QED) is 0.767. The van der Waals surface area contributed by atoms with Gasteiger partial charge in [-0.2, -0.15) is 0 Å². The SMILES string of the molecule is CCC(C)C(=O)O.Nc1ccc(Cl)cc1. The molecule has 0 aliphatic carbocycles. The number of benzene rings is 1. The van der Waals surface area contributed by atoms with E-state index in [9.17, 15) is 4.79 Å². The Balaban J connectivity index is 0.000000265. The molecule has 0 saturated heterocycles. The average Bonchev–Trinajstić information content (AvgIpc) is 2.22. The molecule has 0 aliphatic rings. The Morgan fingerprint density at radius 1 is 1.47 bits per heavy atom. The van der Waals surface area contributed by atoms with Crippen LogP contribution < -0.4 is 5.73 Å². The van der Waals surface area contributed by atoms with Crippen molar-refractivity contribution in [3.05, 3.63) is 29.3 Å². The first kappa shape index (κ1) is 13.8. The largest absolute Gasteiger partial charge is 0.481 e. The van der Waals surface area contributed by atoms with Gasteiger partial charge in [-0.05, 0) is 30.7 Å². The first-order valence-corrected chi connectivity index (χ1v) is 5.09. The number of aliphatic carboxylic acids is 1. The molecule has 1 atom stereocenters. The van der Waals surface area contributed by atoms with E-state index < -0.39 is 5.97 Å². The summed E-state index contributed by atoms with van der Waals surface area (Å²) in [5, 5.41) is 8.90. The summed E-state index contributed by atoms with van der Waals surface area (Å²) in [6, 6.07) is 7.05. The molecular weight excluding hydrogens is 214 g/mol. The monoisotopic (exact) mass is 229 g/mol.